The Morgan fingerprint density at radius 3 is 3.05 bits per heavy atom. The number of anilines is 1. The molecule has 0 unspecified atom stereocenters. The molecule has 4 N–H and O–H groups in total. The van der Waals surface area contributed by atoms with Crippen LogP contribution in [-0.4, -0.2) is 25.8 Å². The SMILES string of the molecule is Cc1ccc(O)c(CNc2cnn(CC(N)=O)c2)n1. The van der Waals surface area contributed by atoms with Crippen LogP contribution in [0.3, 0.4) is 0 Å². The maximum Gasteiger partial charge on any atom is 0.239 e. The molecule has 2 aromatic rings. The molecule has 0 saturated heterocycles. The number of rotatable bonds is 5. The third-order valence-corrected chi connectivity index (χ3v) is 2.50. The van der Waals surface area contributed by atoms with Crippen LogP contribution in [0.25, 0.3) is 0 Å². The lowest BCUT2D eigenvalue weighted by Crippen LogP contribution is -2.18. The Kier molecular flexibility index (Phi) is 3.65. The number of nitrogens with one attached hydrogen (secondary N) is 1. The summed E-state index contributed by atoms with van der Waals surface area (Å²) in [6, 6.07) is 3.35. The molecule has 0 radical (unpaired) electrons. The average molecular weight is 261 g/mol. The highest BCUT2D eigenvalue weighted by atomic mass is 16.3. The molecule has 2 heterocycles. The maximum atomic E-state index is 10.7. The van der Waals surface area contributed by atoms with Crippen LogP contribution in [0.5, 0.6) is 5.75 Å². The topological polar surface area (TPSA) is 106 Å². The van der Waals surface area contributed by atoms with Crippen molar-refractivity contribution in [3.8, 4) is 5.75 Å². The minimum absolute atomic E-state index is 0.0373. The molecule has 2 rings (SSSR count). The van der Waals surface area contributed by atoms with Crippen LogP contribution < -0.4 is 11.1 Å². The molecule has 0 fully saturated rings. The summed E-state index contributed by atoms with van der Waals surface area (Å²) in [5, 5.41) is 16.7. The van der Waals surface area contributed by atoms with Crippen molar-refractivity contribution in [1.29, 1.82) is 0 Å². The molecule has 0 spiro atoms. The lowest BCUT2D eigenvalue weighted by molar-refractivity contribution is -0.118. The summed E-state index contributed by atoms with van der Waals surface area (Å²) in [7, 11) is 0. The van der Waals surface area contributed by atoms with Gasteiger partial charge in [-0.15, -0.1) is 0 Å². The zero-order valence-electron chi connectivity index (χ0n) is 10.5. The molecule has 100 valence electrons. The lowest BCUT2D eigenvalue weighted by atomic mass is 10.3. The molecule has 7 heteroatoms. The third-order valence-electron chi connectivity index (χ3n) is 2.50. The Morgan fingerprint density at radius 2 is 2.32 bits per heavy atom. The minimum Gasteiger partial charge on any atom is -0.506 e. The average Bonchev–Trinajstić information content (AvgIpc) is 2.77. The van der Waals surface area contributed by atoms with E-state index in [0.717, 1.165) is 11.4 Å². The van der Waals surface area contributed by atoms with Gasteiger partial charge in [-0.3, -0.25) is 14.5 Å². The second-order valence-corrected chi connectivity index (χ2v) is 4.16. The smallest absolute Gasteiger partial charge is 0.239 e. The molecule has 0 aliphatic rings. The predicted octanol–water partition coefficient (Wildman–Crippen LogP) is 0.390. The summed E-state index contributed by atoms with van der Waals surface area (Å²) >= 11 is 0. The highest BCUT2D eigenvalue weighted by molar-refractivity contribution is 5.73. The van der Waals surface area contributed by atoms with E-state index >= 15 is 0 Å². The van der Waals surface area contributed by atoms with Crippen molar-refractivity contribution in [1.82, 2.24) is 14.8 Å². The van der Waals surface area contributed by atoms with Gasteiger partial charge in [0.05, 0.1) is 18.4 Å². The van der Waals surface area contributed by atoms with Crippen LogP contribution in [0.1, 0.15) is 11.4 Å². The van der Waals surface area contributed by atoms with Crippen LogP contribution in [0, 0.1) is 6.92 Å². The van der Waals surface area contributed by atoms with Gasteiger partial charge in [-0.2, -0.15) is 5.10 Å². The number of amides is 1. The van der Waals surface area contributed by atoms with Crippen LogP contribution in [0.15, 0.2) is 24.5 Å². The Labute approximate surface area is 110 Å². The van der Waals surface area contributed by atoms with Crippen molar-refractivity contribution in [2.24, 2.45) is 5.73 Å². The largest absolute Gasteiger partial charge is 0.506 e. The number of nitrogens with two attached hydrogens (primary N) is 1. The first kappa shape index (κ1) is 12.9. The number of hydrogen-bond acceptors (Lipinski definition) is 5. The number of aromatic nitrogens is 3. The second-order valence-electron chi connectivity index (χ2n) is 4.16. The van der Waals surface area contributed by atoms with Crippen molar-refractivity contribution in [2.75, 3.05) is 5.32 Å². The number of nitrogens with zero attached hydrogens (tertiary/aromatic N) is 3. The van der Waals surface area contributed by atoms with Crippen LogP contribution >= 0.6 is 0 Å². The summed E-state index contributed by atoms with van der Waals surface area (Å²) in [5.74, 6) is -0.310. The molecular weight excluding hydrogens is 246 g/mol. The summed E-state index contributed by atoms with van der Waals surface area (Å²) < 4.78 is 1.44. The first-order chi connectivity index (χ1) is 9.04. The van der Waals surface area contributed by atoms with E-state index in [-0.39, 0.29) is 12.3 Å². The number of carbonyl (C=O) groups excluding carboxylic acids is 1. The first-order valence-corrected chi connectivity index (χ1v) is 5.74. The monoisotopic (exact) mass is 261 g/mol. The van der Waals surface area contributed by atoms with E-state index in [1.54, 1.807) is 24.5 Å². The molecule has 0 saturated carbocycles. The highest BCUT2D eigenvalue weighted by Gasteiger charge is 2.05. The van der Waals surface area contributed by atoms with Gasteiger partial charge in [0.25, 0.3) is 0 Å². The Balaban J connectivity index is 2.00. The van der Waals surface area contributed by atoms with Crippen molar-refractivity contribution in [3.05, 3.63) is 35.9 Å². The third kappa shape index (κ3) is 3.44. The molecular formula is C12H15N5O2. The van der Waals surface area contributed by atoms with Gasteiger partial charge in [0.15, 0.2) is 0 Å². The molecule has 7 nitrogen and oxygen atoms in total. The molecule has 2 aromatic heterocycles. The van der Waals surface area contributed by atoms with Gasteiger partial charge in [0.1, 0.15) is 18.0 Å². The van der Waals surface area contributed by atoms with E-state index in [9.17, 15) is 9.90 Å². The number of carbonyl (C=O) groups is 1. The van der Waals surface area contributed by atoms with E-state index in [4.69, 9.17) is 5.73 Å². The van der Waals surface area contributed by atoms with Gasteiger partial charge in [0.2, 0.25) is 5.91 Å². The van der Waals surface area contributed by atoms with E-state index in [1.165, 1.54) is 4.68 Å². The van der Waals surface area contributed by atoms with Crippen molar-refractivity contribution >= 4 is 11.6 Å². The van der Waals surface area contributed by atoms with Gasteiger partial charge in [-0.1, -0.05) is 0 Å². The first-order valence-electron chi connectivity index (χ1n) is 5.74. The predicted molar refractivity (Wildman–Crippen MR) is 69.4 cm³/mol. The molecule has 0 aliphatic carbocycles. The molecule has 0 aliphatic heterocycles. The number of hydrogen-bond donors (Lipinski definition) is 3. The summed E-state index contributed by atoms with van der Waals surface area (Å²) in [5.41, 5.74) is 7.19. The fraction of sp³-hybridized carbons (Fsp3) is 0.250. The number of pyridine rings is 1. The summed E-state index contributed by atoms with van der Waals surface area (Å²) in [6.45, 7) is 2.26. The van der Waals surface area contributed by atoms with E-state index in [2.05, 4.69) is 15.4 Å². The van der Waals surface area contributed by atoms with E-state index in [0.29, 0.717) is 12.2 Å². The second kappa shape index (κ2) is 5.38. The van der Waals surface area contributed by atoms with E-state index < -0.39 is 5.91 Å². The molecule has 1 amide bonds. The van der Waals surface area contributed by atoms with E-state index in [1.807, 2.05) is 6.92 Å². The Morgan fingerprint density at radius 1 is 1.53 bits per heavy atom. The molecule has 19 heavy (non-hydrogen) atoms. The fourth-order valence-electron chi connectivity index (χ4n) is 1.62. The van der Waals surface area contributed by atoms with Crippen LogP contribution in [0.4, 0.5) is 5.69 Å². The van der Waals surface area contributed by atoms with Crippen molar-refractivity contribution in [3.63, 3.8) is 0 Å². The zero-order chi connectivity index (χ0) is 13.8. The van der Waals surface area contributed by atoms with Crippen molar-refractivity contribution in [2.45, 2.75) is 20.0 Å². The number of primary amides is 1. The van der Waals surface area contributed by atoms with Crippen LogP contribution in [-0.2, 0) is 17.9 Å². The molecule has 0 atom stereocenters. The van der Waals surface area contributed by atoms with Crippen LogP contribution in [0.2, 0.25) is 0 Å². The van der Waals surface area contributed by atoms with Gasteiger partial charge in [0, 0.05) is 11.9 Å². The quantitative estimate of drug-likeness (QED) is 0.722. The molecule has 0 aromatic carbocycles. The van der Waals surface area contributed by atoms with Gasteiger partial charge in [-0.25, -0.2) is 0 Å². The number of aromatic hydroxyl groups is 1. The Hall–Kier alpha value is -2.57. The van der Waals surface area contributed by atoms with Gasteiger partial charge < -0.3 is 16.2 Å². The van der Waals surface area contributed by atoms with Crippen molar-refractivity contribution < 1.29 is 9.90 Å². The normalized spacial score (nSPS) is 10.4. The lowest BCUT2D eigenvalue weighted by Gasteiger charge is -2.06. The standard InChI is InChI=1S/C12H15N5O2/c1-8-2-3-11(18)10(16-8)5-14-9-4-15-17(6-9)7-12(13)19/h2-4,6,14,18H,5,7H2,1H3,(H2,13,19). The Bertz CT molecular complexity index is 594. The highest BCUT2D eigenvalue weighted by Crippen LogP contribution is 2.16. The zero-order valence-corrected chi connectivity index (χ0v) is 10.5. The van der Waals surface area contributed by atoms with Gasteiger partial charge >= 0.3 is 0 Å². The fourth-order valence-corrected chi connectivity index (χ4v) is 1.62. The number of aryl methyl sites for hydroxylation is 1. The minimum atomic E-state index is -0.451. The van der Waals surface area contributed by atoms with Gasteiger partial charge in [-0.05, 0) is 19.1 Å². The maximum absolute atomic E-state index is 10.7. The summed E-state index contributed by atoms with van der Waals surface area (Å²) in [6.07, 6.45) is 3.24. The summed E-state index contributed by atoms with van der Waals surface area (Å²) in [4.78, 5) is 15.0. The molecule has 0 bridgehead atoms.